The highest BCUT2D eigenvalue weighted by atomic mass is 32.2. The fourth-order valence-electron chi connectivity index (χ4n) is 2.55. The number of thioether (sulfide) groups is 1. The average molecular weight is 395 g/mol. The van der Waals surface area contributed by atoms with Crippen molar-refractivity contribution in [2.24, 2.45) is 5.10 Å². The van der Waals surface area contributed by atoms with Crippen molar-refractivity contribution in [1.29, 1.82) is 0 Å². The van der Waals surface area contributed by atoms with Crippen LogP contribution in [0, 0.1) is 6.92 Å². The van der Waals surface area contributed by atoms with E-state index in [-0.39, 0.29) is 0 Å². The van der Waals surface area contributed by atoms with Crippen LogP contribution in [0.15, 0.2) is 65.1 Å². The Morgan fingerprint density at radius 1 is 1.07 bits per heavy atom. The van der Waals surface area contributed by atoms with Gasteiger partial charge < -0.3 is 4.74 Å². The van der Waals surface area contributed by atoms with E-state index in [1.54, 1.807) is 29.0 Å². The lowest BCUT2D eigenvalue weighted by atomic mass is 10.2. The van der Waals surface area contributed by atoms with Gasteiger partial charge in [-0.2, -0.15) is 9.78 Å². The first-order valence-electron chi connectivity index (χ1n) is 9.60. The van der Waals surface area contributed by atoms with Gasteiger partial charge in [-0.25, -0.2) is 0 Å². The van der Waals surface area contributed by atoms with Crippen LogP contribution in [0.3, 0.4) is 0 Å². The molecule has 0 radical (unpaired) electrons. The van der Waals surface area contributed by atoms with E-state index in [0.29, 0.717) is 0 Å². The fourth-order valence-corrected chi connectivity index (χ4v) is 3.37. The molecule has 3 aromatic rings. The Kier molecular flexibility index (Phi) is 7.67. The Morgan fingerprint density at radius 3 is 2.61 bits per heavy atom. The van der Waals surface area contributed by atoms with Crippen LogP contribution in [0.4, 0.5) is 0 Å². The molecule has 0 amide bonds. The van der Waals surface area contributed by atoms with Crippen LogP contribution >= 0.6 is 11.8 Å². The van der Waals surface area contributed by atoms with E-state index in [9.17, 15) is 0 Å². The highest BCUT2D eigenvalue weighted by Crippen LogP contribution is 2.21. The highest BCUT2D eigenvalue weighted by molar-refractivity contribution is 7.98. The van der Waals surface area contributed by atoms with Crippen LogP contribution in [0.5, 0.6) is 5.75 Å². The minimum absolute atomic E-state index is 0.767. The number of nitrogens with zero attached hydrogens (tertiary/aromatic N) is 4. The van der Waals surface area contributed by atoms with Gasteiger partial charge in [0.2, 0.25) is 5.16 Å². The van der Waals surface area contributed by atoms with Gasteiger partial charge in [0.25, 0.3) is 0 Å². The van der Waals surface area contributed by atoms with Gasteiger partial charge in [-0.1, -0.05) is 61.4 Å². The standard InChI is InChI=1S/C22H26N4OS/c1-3-4-5-14-27-21-12-10-19(11-13-21)15-24-26-17-23-25-22(26)28-16-20-8-6-18(2)7-9-20/h6-13,15,17H,3-5,14,16H2,1-2H3/b24-15-. The average Bonchev–Trinajstić information content (AvgIpc) is 3.17. The molecule has 0 spiro atoms. The first kappa shape index (κ1) is 20.1. The number of hydrogen-bond acceptors (Lipinski definition) is 5. The number of aryl methyl sites for hydroxylation is 1. The summed E-state index contributed by atoms with van der Waals surface area (Å²) in [6.45, 7) is 5.05. The minimum atomic E-state index is 0.767. The monoisotopic (exact) mass is 394 g/mol. The Hall–Kier alpha value is -2.60. The van der Waals surface area contributed by atoms with Crippen LogP contribution in [0.25, 0.3) is 0 Å². The molecule has 0 aliphatic rings. The van der Waals surface area contributed by atoms with Crippen LogP contribution in [0.1, 0.15) is 42.9 Å². The zero-order chi connectivity index (χ0) is 19.6. The maximum Gasteiger partial charge on any atom is 0.212 e. The maximum absolute atomic E-state index is 5.74. The van der Waals surface area contributed by atoms with Crippen molar-refractivity contribution >= 4 is 18.0 Å². The molecule has 0 aliphatic heterocycles. The fraction of sp³-hybridized carbons (Fsp3) is 0.318. The van der Waals surface area contributed by atoms with E-state index < -0.39 is 0 Å². The van der Waals surface area contributed by atoms with Gasteiger partial charge >= 0.3 is 0 Å². The largest absolute Gasteiger partial charge is 0.494 e. The Labute approximate surface area is 170 Å². The Balaban J connectivity index is 1.54. The first-order valence-corrected chi connectivity index (χ1v) is 10.6. The van der Waals surface area contributed by atoms with Crippen molar-refractivity contribution in [2.75, 3.05) is 6.61 Å². The molecule has 2 aromatic carbocycles. The zero-order valence-electron chi connectivity index (χ0n) is 16.4. The summed E-state index contributed by atoms with van der Waals surface area (Å²) < 4.78 is 7.44. The van der Waals surface area contributed by atoms with Crippen molar-refractivity contribution in [3.63, 3.8) is 0 Å². The molecule has 0 unspecified atom stereocenters. The van der Waals surface area contributed by atoms with E-state index in [4.69, 9.17) is 4.74 Å². The lowest BCUT2D eigenvalue weighted by molar-refractivity contribution is 0.306. The molecule has 1 aromatic heterocycles. The molecule has 3 rings (SSSR count). The van der Waals surface area contributed by atoms with Crippen LogP contribution in [-0.2, 0) is 5.75 Å². The molecule has 146 valence electrons. The SMILES string of the molecule is CCCCCOc1ccc(/C=N\n2cnnc2SCc2ccc(C)cc2)cc1. The second-order valence-corrected chi connectivity index (χ2v) is 7.54. The predicted octanol–water partition coefficient (Wildman–Crippen LogP) is 5.33. The molecule has 0 N–H and O–H groups in total. The van der Waals surface area contributed by atoms with Gasteiger partial charge in [0.15, 0.2) is 0 Å². The lowest BCUT2D eigenvalue weighted by Gasteiger charge is -2.05. The molecule has 6 heteroatoms. The van der Waals surface area contributed by atoms with Gasteiger partial charge in [0, 0.05) is 5.75 Å². The van der Waals surface area contributed by atoms with Gasteiger partial charge in [-0.05, 0) is 48.7 Å². The third kappa shape index (κ3) is 6.23. The molecule has 0 fully saturated rings. The summed E-state index contributed by atoms with van der Waals surface area (Å²) in [5.74, 6) is 1.73. The predicted molar refractivity (Wildman–Crippen MR) is 115 cm³/mol. The van der Waals surface area contributed by atoms with Gasteiger partial charge in [0.1, 0.15) is 12.1 Å². The number of ether oxygens (including phenoxy) is 1. The van der Waals surface area contributed by atoms with Gasteiger partial charge in [-0.3, -0.25) is 0 Å². The second kappa shape index (κ2) is 10.7. The highest BCUT2D eigenvalue weighted by Gasteiger charge is 2.04. The Bertz CT molecular complexity index is 872. The number of rotatable bonds is 10. The quantitative estimate of drug-likeness (QED) is 0.265. The summed E-state index contributed by atoms with van der Waals surface area (Å²) in [6, 6.07) is 16.5. The van der Waals surface area contributed by atoms with Crippen LogP contribution < -0.4 is 4.74 Å². The normalized spacial score (nSPS) is 11.2. The third-order valence-corrected chi connectivity index (χ3v) is 5.22. The van der Waals surface area contributed by atoms with Gasteiger partial charge in [0.05, 0.1) is 12.8 Å². The molecule has 0 saturated carbocycles. The summed E-state index contributed by atoms with van der Waals surface area (Å²) in [5.41, 5.74) is 3.52. The lowest BCUT2D eigenvalue weighted by Crippen LogP contribution is -1.97. The second-order valence-electron chi connectivity index (χ2n) is 6.60. The molecule has 0 atom stereocenters. The maximum atomic E-state index is 5.74. The molecule has 5 nitrogen and oxygen atoms in total. The van der Waals surface area contributed by atoms with Crippen molar-refractivity contribution in [1.82, 2.24) is 14.9 Å². The topological polar surface area (TPSA) is 52.3 Å². The van der Waals surface area contributed by atoms with Gasteiger partial charge in [-0.15, -0.1) is 10.2 Å². The molecule has 0 aliphatic carbocycles. The van der Waals surface area contributed by atoms with Crippen LogP contribution in [0.2, 0.25) is 0 Å². The summed E-state index contributed by atoms with van der Waals surface area (Å²) in [5, 5.41) is 13.4. The summed E-state index contributed by atoms with van der Waals surface area (Å²) in [6.07, 6.45) is 6.93. The van der Waals surface area contributed by atoms with E-state index in [1.165, 1.54) is 24.0 Å². The molecule has 0 bridgehead atoms. The first-order chi connectivity index (χ1) is 13.7. The molecular formula is C22H26N4OS. The third-order valence-electron chi connectivity index (χ3n) is 4.22. The number of hydrogen-bond donors (Lipinski definition) is 0. The van der Waals surface area contributed by atoms with Crippen molar-refractivity contribution in [3.8, 4) is 5.75 Å². The molecule has 0 saturated heterocycles. The summed E-state index contributed by atoms with van der Waals surface area (Å²) in [4.78, 5) is 0. The summed E-state index contributed by atoms with van der Waals surface area (Å²) in [7, 11) is 0. The van der Waals surface area contributed by atoms with Crippen molar-refractivity contribution < 1.29 is 4.74 Å². The van der Waals surface area contributed by atoms with E-state index in [1.807, 2.05) is 24.3 Å². The molecule has 1 heterocycles. The van der Waals surface area contributed by atoms with E-state index in [2.05, 4.69) is 53.4 Å². The number of unbranched alkanes of at least 4 members (excludes halogenated alkanes) is 2. The minimum Gasteiger partial charge on any atom is -0.494 e. The zero-order valence-corrected chi connectivity index (χ0v) is 17.2. The van der Waals surface area contributed by atoms with E-state index >= 15 is 0 Å². The van der Waals surface area contributed by atoms with Crippen molar-refractivity contribution in [3.05, 3.63) is 71.5 Å². The van der Waals surface area contributed by atoms with Crippen LogP contribution in [-0.4, -0.2) is 27.7 Å². The number of benzene rings is 2. The molecule has 28 heavy (non-hydrogen) atoms. The molecular weight excluding hydrogens is 368 g/mol. The number of aromatic nitrogens is 3. The van der Waals surface area contributed by atoms with Crippen molar-refractivity contribution in [2.45, 2.75) is 44.0 Å². The smallest absolute Gasteiger partial charge is 0.212 e. The summed E-state index contributed by atoms with van der Waals surface area (Å²) >= 11 is 1.62. The Morgan fingerprint density at radius 2 is 1.86 bits per heavy atom. The van der Waals surface area contributed by atoms with E-state index in [0.717, 1.165) is 35.2 Å².